The highest BCUT2D eigenvalue weighted by Gasteiger charge is 2.19. The number of ether oxygens (including phenoxy) is 1. The highest BCUT2D eigenvalue weighted by atomic mass is 16.5. The number of pyridine rings is 1. The number of nitrogens with zero attached hydrogens (tertiary/aromatic N) is 2. The molecule has 29 heavy (non-hydrogen) atoms. The summed E-state index contributed by atoms with van der Waals surface area (Å²) < 4.78 is 5.25. The number of amides is 1. The van der Waals surface area contributed by atoms with Gasteiger partial charge in [-0.25, -0.2) is 0 Å². The van der Waals surface area contributed by atoms with Crippen molar-refractivity contribution in [3.05, 3.63) is 83.7 Å². The van der Waals surface area contributed by atoms with Gasteiger partial charge < -0.3 is 15.0 Å². The lowest BCUT2D eigenvalue weighted by Crippen LogP contribution is -2.27. The number of anilines is 2. The van der Waals surface area contributed by atoms with E-state index in [0.717, 1.165) is 42.8 Å². The van der Waals surface area contributed by atoms with E-state index in [2.05, 4.69) is 39.5 Å². The molecule has 0 radical (unpaired) electrons. The maximum Gasteiger partial charge on any atom is 0.252 e. The first kappa shape index (κ1) is 19.0. The number of carbonyl (C=O) groups is 1. The van der Waals surface area contributed by atoms with Crippen LogP contribution in [-0.4, -0.2) is 31.1 Å². The number of nitrogens with one attached hydrogen (secondary N) is 1. The molecule has 1 N–H and O–H groups in total. The number of carbonyl (C=O) groups excluding carboxylic acids is 1. The number of aryl methyl sites for hydroxylation is 1. The molecular weight excluding hydrogens is 362 g/mol. The Kier molecular flexibility index (Phi) is 5.75. The summed E-state index contributed by atoms with van der Waals surface area (Å²) in [6, 6.07) is 18.3. The zero-order valence-electron chi connectivity index (χ0n) is 16.6. The predicted molar refractivity (Wildman–Crippen MR) is 115 cm³/mol. The standard InChI is InChI=1S/C24H25N3O2/c1-29-22-9-4-6-18(14-22)11-12-26-24(28)20-15-21(17-25-16-20)27-13-5-8-19-7-2-3-10-23(19)27/h2-4,6-7,9-10,14-17H,5,8,11-13H2,1H3,(H,26,28). The van der Waals surface area contributed by atoms with Crippen LogP contribution in [0.3, 0.4) is 0 Å². The Bertz CT molecular complexity index is 1000. The molecule has 1 aliphatic rings. The Morgan fingerprint density at radius 2 is 2.03 bits per heavy atom. The molecule has 4 rings (SSSR count). The van der Waals surface area contributed by atoms with Crippen LogP contribution in [0.1, 0.15) is 27.9 Å². The lowest BCUT2D eigenvalue weighted by Gasteiger charge is -2.31. The Morgan fingerprint density at radius 3 is 2.93 bits per heavy atom. The Morgan fingerprint density at radius 1 is 1.14 bits per heavy atom. The van der Waals surface area contributed by atoms with Gasteiger partial charge >= 0.3 is 0 Å². The summed E-state index contributed by atoms with van der Waals surface area (Å²) >= 11 is 0. The number of hydrogen-bond donors (Lipinski definition) is 1. The summed E-state index contributed by atoms with van der Waals surface area (Å²) in [5.41, 5.74) is 5.21. The molecule has 1 aliphatic heterocycles. The van der Waals surface area contributed by atoms with Gasteiger partial charge in [-0.2, -0.15) is 0 Å². The molecule has 0 spiro atoms. The number of methoxy groups -OCH3 is 1. The van der Waals surface area contributed by atoms with E-state index < -0.39 is 0 Å². The summed E-state index contributed by atoms with van der Waals surface area (Å²) in [7, 11) is 1.65. The molecule has 5 heteroatoms. The number of para-hydroxylation sites is 1. The summed E-state index contributed by atoms with van der Waals surface area (Å²) in [4.78, 5) is 19.2. The van der Waals surface area contributed by atoms with Crippen LogP contribution in [0.4, 0.5) is 11.4 Å². The fraction of sp³-hybridized carbons (Fsp3) is 0.250. The van der Waals surface area contributed by atoms with Gasteiger partial charge in [0, 0.05) is 25.0 Å². The van der Waals surface area contributed by atoms with Gasteiger partial charge in [-0.1, -0.05) is 30.3 Å². The second-order valence-electron chi connectivity index (χ2n) is 7.17. The van der Waals surface area contributed by atoms with Crippen molar-refractivity contribution >= 4 is 17.3 Å². The normalized spacial score (nSPS) is 12.9. The van der Waals surface area contributed by atoms with Gasteiger partial charge in [0.15, 0.2) is 0 Å². The monoisotopic (exact) mass is 387 g/mol. The van der Waals surface area contributed by atoms with Gasteiger partial charge in [-0.15, -0.1) is 0 Å². The van der Waals surface area contributed by atoms with Crippen molar-refractivity contribution in [2.45, 2.75) is 19.3 Å². The van der Waals surface area contributed by atoms with Gasteiger partial charge in [-0.3, -0.25) is 9.78 Å². The van der Waals surface area contributed by atoms with E-state index in [1.807, 2.05) is 36.5 Å². The van der Waals surface area contributed by atoms with Crippen molar-refractivity contribution in [3.8, 4) is 5.75 Å². The van der Waals surface area contributed by atoms with Crippen LogP contribution >= 0.6 is 0 Å². The van der Waals surface area contributed by atoms with Crippen LogP contribution in [0.5, 0.6) is 5.75 Å². The Hall–Kier alpha value is -3.34. The largest absolute Gasteiger partial charge is 0.497 e. The van der Waals surface area contributed by atoms with E-state index in [4.69, 9.17) is 4.74 Å². The average molecular weight is 387 g/mol. The predicted octanol–water partition coefficient (Wildman–Crippen LogP) is 4.15. The molecule has 0 bridgehead atoms. The van der Waals surface area contributed by atoms with Crippen LogP contribution in [0.25, 0.3) is 0 Å². The highest BCUT2D eigenvalue weighted by Crippen LogP contribution is 2.33. The third kappa shape index (κ3) is 4.40. The van der Waals surface area contributed by atoms with Crippen molar-refractivity contribution in [2.24, 2.45) is 0 Å². The number of benzene rings is 2. The lowest BCUT2D eigenvalue weighted by molar-refractivity contribution is 0.0954. The fourth-order valence-electron chi connectivity index (χ4n) is 3.75. The van der Waals surface area contributed by atoms with E-state index in [0.29, 0.717) is 12.1 Å². The van der Waals surface area contributed by atoms with E-state index in [1.54, 1.807) is 13.3 Å². The smallest absolute Gasteiger partial charge is 0.252 e. The van der Waals surface area contributed by atoms with E-state index in [1.165, 1.54) is 11.3 Å². The van der Waals surface area contributed by atoms with Gasteiger partial charge in [-0.05, 0) is 54.7 Å². The molecule has 0 saturated heterocycles. The average Bonchev–Trinajstić information content (AvgIpc) is 2.79. The molecule has 1 amide bonds. The number of hydrogen-bond acceptors (Lipinski definition) is 4. The molecule has 5 nitrogen and oxygen atoms in total. The van der Waals surface area contributed by atoms with Gasteiger partial charge in [0.1, 0.15) is 5.75 Å². The van der Waals surface area contributed by atoms with E-state index in [9.17, 15) is 4.79 Å². The lowest BCUT2D eigenvalue weighted by atomic mass is 10.0. The minimum atomic E-state index is -0.104. The molecule has 1 aromatic heterocycles. The second-order valence-corrected chi connectivity index (χ2v) is 7.17. The summed E-state index contributed by atoms with van der Waals surface area (Å²) in [5, 5.41) is 3.00. The third-order valence-electron chi connectivity index (χ3n) is 5.24. The fourth-order valence-corrected chi connectivity index (χ4v) is 3.75. The second kappa shape index (κ2) is 8.78. The van der Waals surface area contributed by atoms with Crippen LogP contribution in [0, 0.1) is 0 Å². The minimum Gasteiger partial charge on any atom is -0.497 e. The van der Waals surface area contributed by atoms with Crippen molar-refractivity contribution < 1.29 is 9.53 Å². The summed E-state index contributed by atoms with van der Waals surface area (Å²) in [6.45, 7) is 1.49. The van der Waals surface area contributed by atoms with Gasteiger partial charge in [0.25, 0.3) is 5.91 Å². The molecule has 0 atom stereocenters. The van der Waals surface area contributed by atoms with E-state index >= 15 is 0 Å². The maximum atomic E-state index is 12.6. The summed E-state index contributed by atoms with van der Waals surface area (Å²) in [5.74, 6) is 0.722. The van der Waals surface area contributed by atoms with Crippen molar-refractivity contribution in [1.82, 2.24) is 10.3 Å². The minimum absolute atomic E-state index is 0.104. The van der Waals surface area contributed by atoms with Crippen molar-refractivity contribution in [1.29, 1.82) is 0 Å². The molecule has 2 aromatic carbocycles. The molecule has 0 unspecified atom stereocenters. The van der Waals surface area contributed by atoms with Crippen LogP contribution in [0.15, 0.2) is 67.0 Å². The summed E-state index contributed by atoms with van der Waals surface area (Å²) in [6.07, 6.45) is 6.38. The zero-order valence-corrected chi connectivity index (χ0v) is 16.6. The number of rotatable bonds is 6. The molecule has 0 saturated carbocycles. The first-order valence-electron chi connectivity index (χ1n) is 9.96. The molecule has 0 aliphatic carbocycles. The maximum absolute atomic E-state index is 12.6. The SMILES string of the molecule is COc1cccc(CCNC(=O)c2cncc(N3CCCc4ccccc43)c2)c1. The third-order valence-corrected chi connectivity index (χ3v) is 5.24. The Labute approximate surface area is 171 Å². The van der Waals surface area contributed by atoms with Gasteiger partial charge in [0.05, 0.1) is 24.6 Å². The van der Waals surface area contributed by atoms with Crippen LogP contribution in [0.2, 0.25) is 0 Å². The topological polar surface area (TPSA) is 54.5 Å². The number of aromatic nitrogens is 1. The first-order chi connectivity index (χ1) is 14.2. The molecule has 2 heterocycles. The molecule has 3 aromatic rings. The molecule has 0 fully saturated rings. The molecule has 148 valence electrons. The van der Waals surface area contributed by atoms with Crippen molar-refractivity contribution in [2.75, 3.05) is 25.1 Å². The zero-order chi connectivity index (χ0) is 20.1. The van der Waals surface area contributed by atoms with E-state index in [-0.39, 0.29) is 5.91 Å². The molecular formula is C24H25N3O2. The quantitative estimate of drug-likeness (QED) is 0.690. The van der Waals surface area contributed by atoms with Crippen molar-refractivity contribution in [3.63, 3.8) is 0 Å². The highest BCUT2D eigenvalue weighted by molar-refractivity contribution is 5.95. The van der Waals surface area contributed by atoms with Crippen LogP contribution < -0.4 is 15.0 Å². The van der Waals surface area contributed by atoms with Crippen LogP contribution in [-0.2, 0) is 12.8 Å². The first-order valence-corrected chi connectivity index (χ1v) is 9.96. The van der Waals surface area contributed by atoms with Gasteiger partial charge in [0.2, 0.25) is 0 Å². The Balaban J connectivity index is 1.43. The number of fused-ring (bicyclic) bond motifs is 1.